The van der Waals surface area contributed by atoms with Crippen molar-refractivity contribution in [1.82, 2.24) is 9.78 Å². The van der Waals surface area contributed by atoms with E-state index in [9.17, 15) is 9.18 Å². The fourth-order valence-corrected chi connectivity index (χ4v) is 1.82. The molecular formula is C12H14FN3O. The Kier molecular flexibility index (Phi) is 3.10. The third-order valence-electron chi connectivity index (χ3n) is 2.72. The molecule has 0 radical (unpaired) electrons. The second kappa shape index (κ2) is 4.55. The van der Waals surface area contributed by atoms with Crippen molar-refractivity contribution in [3.63, 3.8) is 0 Å². The van der Waals surface area contributed by atoms with Crippen molar-refractivity contribution < 1.29 is 4.39 Å². The molecular weight excluding hydrogens is 221 g/mol. The van der Waals surface area contributed by atoms with Crippen LogP contribution in [0.1, 0.15) is 18.2 Å². The first kappa shape index (κ1) is 11.6. The lowest BCUT2D eigenvalue weighted by molar-refractivity contribution is 0.607. The smallest absolute Gasteiger partial charge is 0.276 e. The minimum absolute atomic E-state index is 0.153. The van der Waals surface area contributed by atoms with Crippen molar-refractivity contribution >= 4 is 0 Å². The zero-order valence-electron chi connectivity index (χ0n) is 9.53. The number of aromatic nitrogens is 2. The number of H-pyrrole nitrogens is 1. The number of para-hydroxylation sites is 1. The number of hydrogen-bond donors (Lipinski definition) is 2. The number of aromatic amines is 1. The molecule has 0 aliphatic carbocycles. The van der Waals surface area contributed by atoms with Crippen molar-refractivity contribution in [1.29, 1.82) is 0 Å². The van der Waals surface area contributed by atoms with Gasteiger partial charge in [-0.05, 0) is 18.6 Å². The summed E-state index contributed by atoms with van der Waals surface area (Å²) in [5, 5.41) is 2.89. The van der Waals surface area contributed by atoms with E-state index in [1.807, 2.05) is 6.92 Å². The lowest BCUT2D eigenvalue weighted by Gasteiger charge is -2.02. The van der Waals surface area contributed by atoms with E-state index in [-0.39, 0.29) is 17.8 Å². The number of nitrogens with two attached hydrogens (primary N) is 1. The first-order valence-electron chi connectivity index (χ1n) is 5.46. The van der Waals surface area contributed by atoms with Crippen LogP contribution in [0.4, 0.5) is 4.39 Å². The molecule has 1 aromatic heterocycles. The molecule has 1 aromatic carbocycles. The summed E-state index contributed by atoms with van der Waals surface area (Å²) in [6, 6.07) is 6.13. The maximum atomic E-state index is 13.6. The average molecular weight is 235 g/mol. The van der Waals surface area contributed by atoms with Gasteiger partial charge in [0.25, 0.3) is 5.56 Å². The molecule has 0 bridgehead atoms. The Hall–Kier alpha value is -1.88. The summed E-state index contributed by atoms with van der Waals surface area (Å²) < 4.78 is 14.8. The van der Waals surface area contributed by atoms with Crippen molar-refractivity contribution in [3.8, 4) is 5.69 Å². The maximum absolute atomic E-state index is 13.6. The van der Waals surface area contributed by atoms with Crippen LogP contribution in [-0.4, -0.2) is 9.78 Å². The summed E-state index contributed by atoms with van der Waals surface area (Å²) >= 11 is 0. The highest BCUT2D eigenvalue weighted by atomic mass is 19.1. The number of benzene rings is 1. The van der Waals surface area contributed by atoms with Crippen LogP contribution in [0, 0.1) is 5.82 Å². The normalized spacial score (nSPS) is 10.8. The Morgan fingerprint density at radius 3 is 2.65 bits per heavy atom. The van der Waals surface area contributed by atoms with Gasteiger partial charge in [-0.2, -0.15) is 0 Å². The maximum Gasteiger partial charge on any atom is 0.276 e. The summed E-state index contributed by atoms with van der Waals surface area (Å²) in [5.41, 5.74) is 6.72. The molecule has 2 rings (SSSR count). The number of nitrogens with one attached hydrogen (secondary N) is 1. The van der Waals surface area contributed by atoms with Gasteiger partial charge in [-0.25, -0.2) is 9.07 Å². The van der Waals surface area contributed by atoms with Gasteiger partial charge in [0.05, 0.1) is 5.56 Å². The Bertz CT molecular complexity index is 586. The Labute approximate surface area is 97.9 Å². The number of halogens is 1. The second-order valence-corrected chi connectivity index (χ2v) is 3.72. The third kappa shape index (κ3) is 1.89. The molecule has 0 aliphatic rings. The molecule has 0 unspecified atom stereocenters. The van der Waals surface area contributed by atoms with Crippen LogP contribution < -0.4 is 11.3 Å². The van der Waals surface area contributed by atoms with Gasteiger partial charge in [-0.1, -0.05) is 19.1 Å². The van der Waals surface area contributed by atoms with E-state index in [1.165, 1.54) is 10.7 Å². The van der Waals surface area contributed by atoms with E-state index in [0.29, 0.717) is 12.0 Å². The van der Waals surface area contributed by atoms with Gasteiger partial charge >= 0.3 is 0 Å². The van der Waals surface area contributed by atoms with Crippen LogP contribution in [0.25, 0.3) is 5.69 Å². The van der Waals surface area contributed by atoms with Gasteiger partial charge in [0.2, 0.25) is 0 Å². The number of nitrogens with zero attached hydrogens (tertiary/aromatic N) is 1. The van der Waals surface area contributed by atoms with Gasteiger partial charge in [0.15, 0.2) is 0 Å². The van der Waals surface area contributed by atoms with Crippen LogP contribution >= 0.6 is 0 Å². The quantitative estimate of drug-likeness (QED) is 0.842. The summed E-state index contributed by atoms with van der Waals surface area (Å²) in [7, 11) is 0. The van der Waals surface area contributed by atoms with E-state index < -0.39 is 5.82 Å². The van der Waals surface area contributed by atoms with Gasteiger partial charge in [0, 0.05) is 12.2 Å². The number of aryl methyl sites for hydroxylation is 1. The molecule has 0 aliphatic heterocycles. The van der Waals surface area contributed by atoms with Crippen LogP contribution in [0.3, 0.4) is 0 Å². The van der Waals surface area contributed by atoms with Crippen molar-refractivity contribution in [3.05, 3.63) is 51.7 Å². The second-order valence-electron chi connectivity index (χ2n) is 3.72. The number of rotatable bonds is 3. The zero-order chi connectivity index (χ0) is 12.4. The first-order valence-corrected chi connectivity index (χ1v) is 5.46. The summed E-state index contributed by atoms with van der Waals surface area (Å²) in [6.45, 7) is 2.07. The van der Waals surface area contributed by atoms with Crippen molar-refractivity contribution in [2.75, 3.05) is 0 Å². The SMILES string of the molecule is CCc1[nH]n(-c2ccccc2F)c(=O)c1CN. The molecule has 3 N–H and O–H groups in total. The van der Waals surface area contributed by atoms with E-state index in [0.717, 1.165) is 5.69 Å². The van der Waals surface area contributed by atoms with E-state index in [2.05, 4.69) is 5.10 Å². The number of hydrogen-bond acceptors (Lipinski definition) is 2. The molecule has 0 spiro atoms. The fraction of sp³-hybridized carbons (Fsp3) is 0.250. The predicted molar refractivity (Wildman–Crippen MR) is 63.6 cm³/mol. The molecule has 4 nitrogen and oxygen atoms in total. The fourth-order valence-electron chi connectivity index (χ4n) is 1.82. The molecule has 0 fully saturated rings. The Morgan fingerprint density at radius 1 is 1.41 bits per heavy atom. The first-order chi connectivity index (χ1) is 8.19. The molecule has 0 saturated carbocycles. The molecule has 0 saturated heterocycles. The largest absolute Gasteiger partial charge is 0.326 e. The summed E-state index contributed by atoms with van der Waals surface area (Å²) in [4.78, 5) is 12.0. The van der Waals surface area contributed by atoms with Crippen LogP contribution in [0.5, 0.6) is 0 Å². The lowest BCUT2D eigenvalue weighted by Crippen LogP contribution is -2.20. The molecule has 90 valence electrons. The molecule has 0 amide bonds. The molecule has 1 heterocycles. The van der Waals surface area contributed by atoms with Crippen LogP contribution in [0.2, 0.25) is 0 Å². The van der Waals surface area contributed by atoms with Crippen LogP contribution in [0.15, 0.2) is 29.1 Å². The van der Waals surface area contributed by atoms with Crippen molar-refractivity contribution in [2.45, 2.75) is 19.9 Å². The topological polar surface area (TPSA) is 63.8 Å². The van der Waals surface area contributed by atoms with Gasteiger partial charge in [0.1, 0.15) is 11.5 Å². The highest BCUT2D eigenvalue weighted by molar-refractivity contribution is 5.34. The Balaban J connectivity index is 2.65. The molecule has 2 aromatic rings. The van der Waals surface area contributed by atoms with Gasteiger partial charge < -0.3 is 5.73 Å². The summed E-state index contributed by atoms with van der Waals surface area (Å²) in [6.07, 6.45) is 0.656. The van der Waals surface area contributed by atoms with Gasteiger partial charge in [-0.15, -0.1) is 0 Å². The zero-order valence-corrected chi connectivity index (χ0v) is 9.53. The Morgan fingerprint density at radius 2 is 2.12 bits per heavy atom. The average Bonchev–Trinajstić information content (AvgIpc) is 2.66. The third-order valence-corrected chi connectivity index (χ3v) is 2.72. The predicted octanol–water partition coefficient (Wildman–Crippen LogP) is 1.33. The van der Waals surface area contributed by atoms with Crippen LogP contribution in [-0.2, 0) is 13.0 Å². The minimum atomic E-state index is -0.443. The van der Waals surface area contributed by atoms with Crippen molar-refractivity contribution in [2.24, 2.45) is 5.73 Å². The molecule has 5 heteroatoms. The minimum Gasteiger partial charge on any atom is -0.326 e. The highest BCUT2D eigenvalue weighted by Gasteiger charge is 2.14. The van der Waals surface area contributed by atoms with E-state index >= 15 is 0 Å². The van der Waals surface area contributed by atoms with E-state index in [4.69, 9.17) is 5.73 Å². The standard InChI is InChI=1S/C12H14FN3O/c1-2-10-8(7-14)12(17)16(15-10)11-6-4-3-5-9(11)13/h3-6,15H,2,7,14H2,1H3. The lowest BCUT2D eigenvalue weighted by atomic mass is 10.2. The monoisotopic (exact) mass is 235 g/mol. The van der Waals surface area contributed by atoms with Gasteiger partial charge in [-0.3, -0.25) is 9.89 Å². The molecule has 17 heavy (non-hydrogen) atoms. The summed E-state index contributed by atoms with van der Waals surface area (Å²) in [5.74, 6) is -0.443. The van der Waals surface area contributed by atoms with E-state index in [1.54, 1.807) is 18.2 Å². The molecule has 0 atom stereocenters. The highest BCUT2D eigenvalue weighted by Crippen LogP contribution is 2.11.